The molecule has 4 atom stereocenters. The van der Waals surface area contributed by atoms with Gasteiger partial charge in [0, 0.05) is 25.4 Å². The quantitative estimate of drug-likeness (QED) is 0.283. The molecule has 0 bridgehead atoms. The normalized spacial score (nSPS) is 22.3. The highest BCUT2D eigenvalue weighted by molar-refractivity contribution is 8.01. The lowest BCUT2D eigenvalue weighted by Gasteiger charge is -2.17. The second-order valence-corrected chi connectivity index (χ2v) is 9.87. The molecule has 6 nitrogen and oxygen atoms in total. The highest BCUT2D eigenvalue weighted by Crippen LogP contribution is 2.34. The van der Waals surface area contributed by atoms with Gasteiger partial charge in [0.1, 0.15) is 5.78 Å². The maximum Gasteiger partial charge on any atom is 0.313 e. The van der Waals surface area contributed by atoms with E-state index in [2.05, 4.69) is 0 Å². The van der Waals surface area contributed by atoms with E-state index in [1.54, 1.807) is 12.2 Å². The molecule has 1 aliphatic rings. The number of benzene rings is 1. The van der Waals surface area contributed by atoms with Crippen molar-refractivity contribution in [2.24, 2.45) is 5.92 Å². The number of thioether (sulfide) groups is 2. The maximum absolute atomic E-state index is 12.3. The van der Waals surface area contributed by atoms with Gasteiger partial charge in [0.2, 0.25) is 0 Å². The van der Waals surface area contributed by atoms with Crippen molar-refractivity contribution in [1.82, 2.24) is 0 Å². The van der Waals surface area contributed by atoms with Gasteiger partial charge in [-0.3, -0.25) is 9.59 Å². The standard InChI is InChI=1S/C23H32O6S2/c1-2-29-14-17-6-3-5-16(11-17)12-18(24)7-8-19-20(25)13-21(26)23(19)31-10-4-9-30-15-22(27)28/h3,5-8,11,18-20,23-25H,2,4,9-10,12-15H2,1H3,(H,27,28)/b8-7+/t18-,19+,20-,23-/m1/s1. The average molecular weight is 469 g/mol. The van der Waals surface area contributed by atoms with E-state index in [4.69, 9.17) is 9.84 Å². The summed E-state index contributed by atoms with van der Waals surface area (Å²) >= 11 is 2.88. The van der Waals surface area contributed by atoms with E-state index in [1.165, 1.54) is 23.5 Å². The molecule has 0 aromatic heterocycles. The highest BCUT2D eigenvalue weighted by Gasteiger charge is 2.40. The summed E-state index contributed by atoms with van der Waals surface area (Å²) in [6, 6.07) is 7.91. The number of Topliss-reactive ketones (excluding diaryl/α,β-unsaturated/α-hetero) is 1. The molecule has 1 aromatic rings. The predicted molar refractivity (Wildman–Crippen MR) is 126 cm³/mol. The van der Waals surface area contributed by atoms with E-state index in [-0.39, 0.29) is 29.1 Å². The van der Waals surface area contributed by atoms with Crippen LogP contribution in [0.4, 0.5) is 0 Å². The van der Waals surface area contributed by atoms with Crippen molar-refractivity contribution in [3.05, 3.63) is 47.5 Å². The Kier molecular flexibility index (Phi) is 11.7. The molecule has 1 aliphatic carbocycles. The minimum Gasteiger partial charge on any atom is -0.481 e. The van der Waals surface area contributed by atoms with Gasteiger partial charge in [-0.2, -0.15) is 11.8 Å². The van der Waals surface area contributed by atoms with Crippen LogP contribution in [0.3, 0.4) is 0 Å². The first kappa shape index (κ1) is 25.9. The molecule has 0 heterocycles. The van der Waals surface area contributed by atoms with Crippen molar-refractivity contribution in [2.75, 3.05) is 23.9 Å². The van der Waals surface area contributed by atoms with Gasteiger partial charge in [0.15, 0.2) is 0 Å². The molecule has 8 heteroatoms. The van der Waals surface area contributed by atoms with Gasteiger partial charge in [-0.15, -0.1) is 11.8 Å². The summed E-state index contributed by atoms with van der Waals surface area (Å²) < 4.78 is 5.43. The minimum absolute atomic E-state index is 0.0310. The monoisotopic (exact) mass is 468 g/mol. The number of aliphatic hydroxyl groups excluding tert-OH is 2. The molecule has 2 rings (SSSR count). The van der Waals surface area contributed by atoms with Gasteiger partial charge in [-0.1, -0.05) is 36.4 Å². The molecule has 0 saturated heterocycles. The second kappa shape index (κ2) is 14.0. The van der Waals surface area contributed by atoms with Gasteiger partial charge in [-0.25, -0.2) is 0 Å². The smallest absolute Gasteiger partial charge is 0.313 e. The fraction of sp³-hybridized carbons (Fsp3) is 0.565. The number of rotatable bonds is 14. The fourth-order valence-corrected chi connectivity index (χ4v) is 5.66. The third-order valence-electron chi connectivity index (χ3n) is 4.94. The number of carboxylic acid groups (broad SMARTS) is 1. The molecule has 0 unspecified atom stereocenters. The van der Waals surface area contributed by atoms with Crippen LogP contribution in [0.2, 0.25) is 0 Å². The lowest BCUT2D eigenvalue weighted by atomic mass is 10.0. The third kappa shape index (κ3) is 9.37. The van der Waals surface area contributed by atoms with Gasteiger partial charge >= 0.3 is 5.97 Å². The van der Waals surface area contributed by atoms with Gasteiger partial charge in [0.25, 0.3) is 0 Å². The van der Waals surface area contributed by atoms with E-state index in [0.29, 0.717) is 19.6 Å². The average Bonchev–Trinajstić information content (AvgIpc) is 2.99. The number of aliphatic hydroxyl groups is 2. The lowest BCUT2D eigenvalue weighted by Crippen LogP contribution is -2.22. The largest absolute Gasteiger partial charge is 0.481 e. The van der Waals surface area contributed by atoms with Crippen LogP contribution in [0.25, 0.3) is 0 Å². The van der Waals surface area contributed by atoms with Crippen molar-refractivity contribution < 1.29 is 29.6 Å². The minimum atomic E-state index is -0.823. The summed E-state index contributed by atoms with van der Waals surface area (Å²) in [4.78, 5) is 22.8. The molecule has 0 aliphatic heterocycles. The molecule has 0 radical (unpaired) electrons. The Labute approximate surface area is 192 Å². The number of carbonyl (C=O) groups excluding carboxylic acids is 1. The highest BCUT2D eigenvalue weighted by atomic mass is 32.2. The molecule has 1 fully saturated rings. The maximum atomic E-state index is 12.3. The number of ether oxygens (including phenoxy) is 1. The van der Waals surface area contributed by atoms with Crippen molar-refractivity contribution in [3.8, 4) is 0 Å². The van der Waals surface area contributed by atoms with Gasteiger partial charge < -0.3 is 20.1 Å². The summed E-state index contributed by atoms with van der Waals surface area (Å²) in [5, 5.41) is 29.1. The number of aliphatic carboxylic acids is 1. The Morgan fingerprint density at radius 3 is 2.84 bits per heavy atom. The first-order chi connectivity index (χ1) is 14.9. The zero-order valence-corrected chi connectivity index (χ0v) is 19.4. The summed E-state index contributed by atoms with van der Waals surface area (Å²) in [5.74, 6) is 0.437. The van der Waals surface area contributed by atoms with Crippen LogP contribution in [0.15, 0.2) is 36.4 Å². The summed E-state index contributed by atoms with van der Waals surface area (Å²) in [5.41, 5.74) is 2.06. The molecule has 1 aromatic carbocycles. The zero-order chi connectivity index (χ0) is 22.6. The van der Waals surface area contributed by atoms with E-state index >= 15 is 0 Å². The molecular weight excluding hydrogens is 436 g/mol. The SMILES string of the molecule is CCOCc1cccc(C[C@H](O)/C=C/[C@H]2[C@H](O)CC(=O)[C@@H]2SCCCSCC(=O)O)c1. The van der Waals surface area contributed by atoms with E-state index in [1.807, 2.05) is 31.2 Å². The van der Waals surface area contributed by atoms with Gasteiger partial charge in [0.05, 0.1) is 29.8 Å². The van der Waals surface area contributed by atoms with Crippen LogP contribution in [0.1, 0.15) is 30.9 Å². The number of carbonyl (C=O) groups is 2. The first-order valence-electron chi connectivity index (χ1n) is 10.5. The van der Waals surface area contributed by atoms with Crippen LogP contribution < -0.4 is 0 Å². The van der Waals surface area contributed by atoms with E-state index in [9.17, 15) is 19.8 Å². The van der Waals surface area contributed by atoms with Crippen molar-refractivity contribution in [1.29, 1.82) is 0 Å². The Bertz CT molecular complexity index is 739. The molecule has 172 valence electrons. The van der Waals surface area contributed by atoms with E-state index < -0.39 is 18.2 Å². The Morgan fingerprint density at radius 2 is 2.10 bits per heavy atom. The predicted octanol–water partition coefficient (Wildman–Crippen LogP) is 2.94. The Hall–Kier alpha value is -1.32. The number of hydrogen-bond donors (Lipinski definition) is 3. The third-order valence-corrected chi connectivity index (χ3v) is 7.43. The molecule has 3 N–H and O–H groups in total. The number of ketones is 1. The van der Waals surface area contributed by atoms with Crippen LogP contribution in [-0.2, 0) is 27.4 Å². The molecular formula is C23H32O6S2. The van der Waals surface area contributed by atoms with E-state index in [0.717, 1.165) is 29.1 Å². The summed E-state index contributed by atoms with van der Waals surface area (Å²) in [6.07, 6.45) is 3.41. The topological polar surface area (TPSA) is 104 Å². The second-order valence-electron chi connectivity index (χ2n) is 7.52. The van der Waals surface area contributed by atoms with Crippen LogP contribution in [-0.4, -0.2) is 68.4 Å². The molecule has 0 amide bonds. The van der Waals surface area contributed by atoms with Gasteiger partial charge in [-0.05, 0) is 36.0 Å². The molecule has 0 spiro atoms. The first-order valence-corrected chi connectivity index (χ1v) is 12.7. The summed E-state index contributed by atoms with van der Waals surface area (Å²) in [7, 11) is 0. The van der Waals surface area contributed by atoms with Crippen molar-refractivity contribution in [3.63, 3.8) is 0 Å². The van der Waals surface area contributed by atoms with Crippen molar-refractivity contribution >= 4 is 35.3 Å². The zero-order valence-electron chi connectivity index (χ0n) is 17.8. The van der Waals surface area contributed by atoms with Crippen LogP contribution in [0.5, 0.6) is 0 Å². The number of hydrogen-bond acceptors (Lipinski definition) is 7. The molecule has 1 saturated carbocycles. The lowest BCUT2D eigenvalue weighted by molar-refractivity contribution is -0.133. The van der Waals surface area contributed by atoms with Crippen LogP contribution >= 0.6 is 23.5 Å². The van der Waals surface area contributed by atoms with Crippen molar-refractivity contribution in [2.45, 2.75) is 50.3 Å². The molecule has 31 heavy (non-hydrogen) atoms. The Morgan fingerprint density at radius 1 is 1.32 bits per heavy atom. The fourth-order valence-electron chi connectivity index (χ4n) is 3.47. The summed E-state index contributed by atoms with van der Waals surface area (Å²) in [6.45, 7) is 3.14. The number of carboxylic acids is 1. The Balaban J connectivity index is 1.85. The van der Waals surface area contributed by atoms with Crippen LogP contribution in [0, 0.1) is 5.92 Å².